The van der Waals surface area contributed by atoms with Crippen molar-refractivity contribution >= 4 is 13.7 Å². The molecule has 3 unspecified atom stereocenters. The molecule has 0 aromatic heterocycles. The molecule has 306 valence electrons. The lowest BCUT2D eigenvalue weighted by molar-refractivity contribution is -0.870. The number of allylic oxidation sites excluding steroid dienone is 5. The highest BCUT2D eigenvalue weighted by Gasteiger charge is 2.27. The first-order chi connectivity index (χ1) is 25.0. The van der Waals surface area contributed by atoms with E-state index in [2.05, 4.69) is 36.5 Å². The number of quaternary nitrogens is 1. The summed E-state index contributed by atoms with van der Waals surface area (Å²) in [5.74, 6) is -0.228. The van der Waals surface area contributed by atoms with E-state index in [-0.39, 0.29) is 19.1 Å². The minimum atomic E-state index is -4.32. The number of carbonyl (C=O) groups is 1. The standard InChI is InChI=1S/C43H83N2O6P/c1-6-8-10-11-12-13-14-15-16-17-18-19-20-21-22-23-24-25-26-27-28-29-30-31-32-33-34-35-36-42(46)41(44-43(47)37-9-7-2)40-51-52(48,49)50-39-38-45(3,4)5/h27-28,31-32,35-36,41-42,46H,6-26,29-30,33-34,37-40H2,1-5H3,(H-,44,47,48,49)/p+1/b28-27+,32-31+,36-35+. The Morgan fingerprint density at radius 1 is 0.635 bits per heavy atom. The second kappa shape index (κ2) is 35.4. The van der Waals surface area contributed by atoms with E-state index in [9.17, 15) is 19.4 Å². The Labute approximate surface area is 321 Å². The van der Waals surface area contributed by atoms with Crippen LogP contribution in [-0.4, -0.2) is 73.4 Å². The first-order valence-electron chi connectivity index (χ1n) is 21.4. The third-order valence-corrected chi connectivity index (χ3v) is 10.3. The molecule has 9 heteroatoms. The summed E-state index contributed by atoms with van der Waals surface area (Å²) in [6.07, 6.45) is 43.6. The SMILES string of the molecule is CCCCCCCCCCCCCCCCCCCC/C=C/CC/C=C/CC/C=C/C(O)C(COP(=O)(O)OCC[N+](C)(C)C)NC(=O)CCCC. The molecule has 0 spiro atoms. The van der Waals surface area contributed by atoms with E-state index in [4.69, 9.17) is 9.05 Å². The van der Waals surface area contributed by atoms with Crippen LogP contribution in [0.25, 0.3) is 0 Å². The summed E-state index contributed by atoms with van der Waals surface area (Å²) in [7, 11) is 1.54. The normalized spacial score (nSPS) is 14.8. The van der Waals surface area contributed by atoms with E-state index in [1.165, 1.54) is 122 Å². The van der Waals surface area contributed by atoms with E-state index in [0.29, 0.717) is 17.4 Å². The predicted molar refractivity (Wildman–Crippen MR) is 221 cm³/mol. The number of amides is 1. The zero-order valence-electron chi connectivity index (χ0n) is 34.5. The molecular weight excluding hydrogens is 671 g/mol. The second-order valence-corrected chi connectivity index (χ2v) is 17.2. The van der Waals surface area contributed by atoms with Crippen LogP contribution < -0.4 is 5.32 Å². The van der Waals surface area contributed by atoms with Gasteiger partial charge in [0, 0.05) is 6.42 Å². The quantitative estimate of drug-likeness (QED) is 0.0251. The van der Waals surface area contributed by atoms with Gasteiger partial charge in [-0.3, -0.25) is 13.8 Å². The van der Waals surface area contributed by atoms with Gasteiger partial charge in [-0.15, -0.1) is 0 Å². The van der Waals surface area contributed by atoms with Crippen molar-refractivity contribution < 1.29 is 32.9 Å². The largest absolute Gasteiger partial charge is 0.472 e. The summed E-state index contributed by atoms with van der Waals surface area (Å²) in [5, 5.41) is 13.5. The van der Waals surface area contributed by atoms with Gasteiger partial charge >= 0.3 is 7.82 Å². The minimum absolute atomic E-state index is 0.0523. The molecule has 0 rings (SSSR count). The summed E-state index contributed by atoms with van der Waals surface area (Å²) < 4.78 is 23.2. The molecule has 0 aliphatic rings. The van der Waals surface area contributed by atoms with Crippen LogP contribution in [0.4, 0.5) is 0 Å². The Morgan fingerprint density at radius 3 is 1.52 bits per heavy atom. The summed E-state index contributed by atoms with van der Waals surface area (Å²) in [4.78, 5) is 22.4. The molecule has 0 heterocycles. The highest BCUT2D eigenvalue weighted by atomic mass is 31.2. The molecule has 8 nitrogen and oxygen atoms in total. The molecule has 0 aromatic carbocycles. The zero-order chi connectivity index (χ0) is 38.6. The van der Waals surface area contributed by atoms with Crippen LogP contribution in [0.2, 0.25) is 0 Å². The maximum Gasteiger partial charge on any atom is 0.472 e. The molecule has 0 aromatic rings. The molecule has 0 aliphatic carbocycles. The highest BCUT2D eigenvalue weighted by Crippen LogP contribution is 2.43. The number of aliphatic hydroxyl groups excluding tert-OH is 1. The Bertz CT molecular complexity index is 948. The number of phosphoric ester groups is 1. The first-order valence-corrected chi connectivity index (χ1v) is 22.9. The second-order valence-electron chi connectivity index (χ2n) is 15.7. The third kappa shape index (κ3) is 37.1. The highest BCUT2D eigenvalue weighted by molar-refractivity contribution is 7.47. The summed E-state index contributed by atoms with van der Waals surface area (Å²) >= 11 is 0. The lowest BCUT2D eigenvalue weighted by atomic mass is 10.0. The van der Waals surface area contributed by atoms with Gasteiger partial charge in [0.05, 0.1) is 39.9 Å². The van der Waals surface area contributed by atoms with Gasteiger partial charge in [0.1, 0.15) is 13.2 Å². The van der Waals surface area contributed by atoms with Gasteiger partial charge < -0.3 is 19.8 Å². The topological polar surface area (TPSA) is 105 Å². The molecule has 3 N–H and O–H groups in total. The number of hydrogen-bond acceptors (Lipinski definition) is 5. The molecule has 3 atom stereocenters. The smallest absolute Gasteiger partial charge is 0.387 e. The van der Waals surface area contributed by atoms with Gasteiger partial charge in [0.25, 0.3) is 0 Å². The van der Waals surface area contributed by atoms with Gasteiger partial charge in [-0.2, -0.15) is 0 Å². The Kier molecular flexibility index (Phi) is 34.6. The van der Waals surface area contributed by atoms with Crippen molar-refractivity contribution in [2.24, 2.45) is 0 Å². The van der Waals surface area contributed by atoms with Crippen molar-refractivity contribution in [1.29, 1.82) is 0 Å². The summed E-state index contributed by atoms with van der Waals surface area (Å²) in [6.45, 7) is 4.53. The van der Waals surface area contributed by atoms with Gasteiger partial charge in [-0.1, -0.05) is 166 Å². The maximum atomic E-state index is 12.4. The average Bonchev–Trinajstić information content (AvgIpc) is 3.09. The van der Waals surface area contributed by atoms with Gasteiger partial charge in [-0.25, -0.2) is 4.57 Å². The van der Waals surface area contributed by atoms with Crippen LogP contribution in [0.5, 0.6) is 0 Å². The fourth-order valence-electron chi connectivity index (χ4n) is 5.87. The minimum Gasteiger partial charge on any atom is -0.387 e. The van der Waals surface area contributed by atoms with Crippen LogP contribution in [0.3, 0.4) is 0 Å². The molecule has 0 radical (unpaired) electrons. The Balaban J connectivity index is 3.97. The molecule has 0 bridgehead atoms. The first kappa shape index (κ1) is 50.7. The molecule has 0 saturated carbocycles. The number of phosphoric acid groups is 1. The summed E-state index contributed by atoms with van der Waals surface area (Å²) in [6, 6.07) is -0.862. The molecule has 1 amide bonds. The molecule has 52 heavy (non-hydrogen) atoms. The fourth-order valence-corrected chi connectivity index (χ4v) is 6.61. The lowest BCUT2D eigenvalue weighted by Crippen LogP contribution is -2.45. The van der Waals surface area contributed by atoms with Crippen LogP contribution in [0, 0.1) is 0 Å². The van der Waals surface area contributed by atoms with E-state index < -0.39 is 20.0 Å². The van der Waals surface area contributed by atoms with Crippen LogP contribution in [0.15, 0.2) is 36.5 Å². The Hall–Kier alpha value is -1.28. The maximum absolute atomic E-state index is 12.4. The number of nitrogens with zero attached hydrogens (tertiary/aromatic N) is 1. The number of aliphatic hydroxyl groups is 1. The molecule has 0 aliphatic heterocycles. The number of unbranched alkanes of at least 4 members (excludes halogenated alkanes) is 21. The van der Waals surface area contributed by atoms with Crippen LogP contribution in [-0.2, 0) is 18.4 Å². The van der Waals surface area contributed by atoms with Crippen LogP contribution in [0.1, 0.15) is 181 Å². The molecule has 0 saturated heterocycles. The van der Waals surface area contributed by atoms with E-state index >= 15 is 0 Å². The van der Waals surface area contributed by atoms with Crippen molar-refractivity contribution in [3.8, 4) is 0 Å². The number of likely N-dealkylation sites (N-methyl/N-ethyl adjacent to an activating group) is 1. The molecule has 0 fully saturated rings. The molecular formula is C43H84N2O6P+. The predicted octanol–water partition coefficient (Wildman–Crippen LogP) is 11.5. The number of hydrogen-bond donors (Lipinski definition) is 3. The van der Waals surface area contributed by atoms with Crippen molar-refractivity contribution in [2.45, 2.75) is 193 Å². The van der Waals surface area contributed by atoms with E-state index in [1.54, 1.807) is 6.08 Å². The monoisotopic (exact) mass is 756 g/mol. The van der Waals surface area contributed by atoms with Crippen molar-refractivity contribution in [3.63, 3.8) is 0 Å². The van der Waals surface area contributed by atoms with Crippen molar-refractivity contribution in [2.75, 3.05) is 40.9 Å². The van der Waals surface area contributed by atoms with Crippen LogP contribution >= 0.6 is 7.82 Å². The van der Waals surface area contributed by atoms with Gasteiger partial charge in [0.15, 0.2) is 0 Å². The van der Waals surface area contributed by atoms with E-state index in [0.717, 1.165) is 38.5 Å². The third-order valence-electron chi connectivity index (χ3n) is 9.34. The Morgan fingerprint density at radius 2 is 1.06 bits per heavy atom. The number of nitrogens with one attached hydrogen (secondary N) is 1. The average molecular weight is 756 g/mol. The zero-order valence-corrected chi connectivity index (χ0v) is 35.4. The number of rotatable bonds is 38. The van der Waals surface area contributed by atoms with Crippen molar-refractivity contribution in [1.82, 2.24) is 5.32 Å². The number of carbonyl (C=O) groups excluding carboxylic acids is 1. The fraction of sp³-hybridized carbons (Fsp3) is 0.837. The van der Waals surface area contributed by atoms with Gasteiger partial charge in [-0.05, 0) is 44.9 Å². The summed E-state index contributed by atoms with van der Waals surface area (Å²) in [5.41, 5.74) is 0. The lowest BCUT2D eigenvalue weighted by Gasteiger charge is -2.25. The van der Waals surface area contributed by atoms with E-state index in [1.807, 2.05) is 34.1 Å². The van der Waals surface area contributed by atoms with Gasteiger partial charge in [0.2, 0.25) is 5.91 Å². The van der Waals surface area contributed by atoms with Crippen molar-refractivity contribution in [3.05, 3.63) is 36.5 Å².